The van der Waals surface area contributed by atoms with Crippen LogP contribution < -0.4 is 5.32 Å². The molecule has 0 radical (unpaired) electrons. The third kappa shape index (κ3) is 3.20. The van der Waals surface area contributed by atoms with E-state index in [2.05, 4.69) is 55.3 Å². The standard InChI is InChI=1S/C15H21N3O/c1-9-6-11(3)14(7-10(9)2)12(4)16-8-15-17-13(5)18-19-15/h6-7,12,16H,8H2,1-5H3. The van der Waals surface area contributed by atoms with Crippen molar-refractivity contribution >= 4 is 0 Å². The lowest BCUT2D eigenvalue weighted by atomic mass is 9.96. The number of rotatable bonds is 4. The molecule has 0 aliphatic heterocycles. The maximum atomic E-state index is 5.10. The fourth-order valence-corrected chi connectivity index (χ4v) is 2.21. The van der Waals surface area contributed by atoms with Crippen molar-refractivity contribution in [2.24, 2.45) is 0 Å². The van der Waals surface area contributed by atoms with Gasteiger partial charge in [-0.1, -0.05) is 17.3 Å². The van der Waals surface area contributed by atoms with Crippen molar-refractivity contribution in [2.45, 2.75) is 47.2 Å². The van der Waals surface area contributed by atoms with Crippen molar-refractivity contribution in [3.05, 3.63) is 46.1 Å². The first-order chi connectivity index (χ1) is 8.97. The molecule has 2 rings (SSSR count). The van der Waals surface area contributed by atoms with Crippen LogP contribution in [0, 0.1) is 27.7 Å². The Hall–Kier alpha value is -1.68. The van der Waals surface area contributed by atoms with Gasteiger partial charge < -0.3 is 9.84 Å². The quantitative estimate of drug-likeness (QED) is 0.916. The molecule has 0 amide bonds. The molecule has 1 aromatic heterocycles. The second-order valence-electron chi connectivity index (χ2n) is 5.13. The average Bonchev–Trinajstić information content (AvgIpc) is 2.77. The van der Waals surface area contributed by atoms with E-state index in [-0.39, 0.29) is 6.04 Å². The lowest BCUT2D eigenvalue weighted by molar-refractivity contribution is 0.357. The Labute approximate surface area is 114 Å². The van der Waals surface area contributed by atoms with Crippen LogP contribution in [0.25, 0.3) is 0 Å². The van der Waals surface area contributed by atoms with Gasteiger partial charge in [0, 0.05) is 6.04 Å². The highest BCUT2D eigenvalue weighted by atomic mass is 16.5. The molecule has 102 valence electrons. The summed E-state index contributed by atoms with van der Waals surface area (Å²) in [6.45, 7) is 11.0. The van der Waals surface area contributed by atoms with Crippen LogP contribution in [0.4, 0.5) is 0 Å². The lowest BCUT2D eigenvalue weighted by Gasteiger charge is -2.17. The second-order valence-corrected chi connectivity index (χ2v) is 5.13. The number of aromatic nitrogens is 2. The van der Waals surface area contributed by atoms with Crippen molar-refractivity contribution in [1.29, 1.82) is 0 Å². The van der Waals surface area contributed by atoms with E-state index in [0.717, 1.165) is 0 Å². The number of nitrogens with one attached hydrogen (secondary N) is 1. The Morgan fingerprint density at radius 2 is 1.79 bits per heavy atom. The Bertz CT molecular complexity index is 575. The molecule has 0 spiro atoms. The summed E-state index contributed by atoms with van der Waals surface area (Å²) in [6, 6.07) is 4.74. The summed E-state index contributed by atoms with van der Waals surface area (Å²) in [5.74, 6) is 1.30. The molecule has 0 fully saturated rings. The zero-order valence-corrected chi connectivity index (χ0v) is 12.2. The smallest absolute Gasteiger partial charge is 0.240 e. The summed E-state index contributed by atoms with van der Waals surface area (Å²) in [4.78, 5) is 4.19. The minimum atomic E-state index is 0.256. The minimum absolute atomic E-state index is 0.256. The first-order valence-corrected chi connectivity index (χ1v) is 6.57. The SMILES string of the molecule is Cc1noc(CNC(C)c2cc(C)c(C)cc2C)n1. The van der Waals surface area contributed by atoms with Crippen LogP contribution in [0.5, 0.6) is 0 Å². The molecule has 0 bridgehead atoms. The largest absolute Gasteiger partial charge is 0.338 e. The summed E-state index contributed by atoms with van der Waals surface area (Å²) in [5, 5.41) is 7.20. The van der Waals surface area contributed by atoms with Crippen LogP contribution in [0.3, 0.4) is 0 Å². The molecular formula is C15H21N3O. The van der Waals surface area contributed by atoms with Gasteiger partial charge in [-0.25, -0.2) is 0 Å². The Kier molecular flexibility index (Phi) is 4.00. The number of hydrogen-bond acceptors (Lipinski definition) is 4. The summed E-state index contributed by atoms with van der Waals surface area (Å²) < 4.78 is 5.10. The maximum Gasteiger partial charge on any atom is 0.240 e. The second kappa shape index (κ2) is 5.53. The molecule has 4 nitrogen and oxygen atoms in total. The van der Waals surface area contributed by atoms with E-state index in [9.17, 15) is 0 Å². The summed E-state index contributed by atoms with van der Waals surface area (Å²) >= 11 is 0. The predicted molar refractivity (Wildman–Crippen MR) is 74.9 cm³/mol. The zero-order valence-electron chi connectivity index (χ0n) is 12.2. The van der Waals surface area contributed by atoms with E-state index in [1.54, 1.807) is 0 Å². The molecule has 19 heavy (non-hydrogen) atoms. The third-order valence-electron chi connectivity index (χ3n) is 3.48. The Morgan fingerprint density at radius 1 is 1.11 bits per heavy atom. The topological polar surface area (TPSA) is 51.0 Å². The van der Waals surface area contributed by atoms with Crippen molar-refractivity contribution in [2.75, 3.05) is 0 Å². The minimum Gasteiger partial charge on any atom is -0.338 e. The van der Waals surface area contributed by atoms with Crippen molar-refractivity contribution in [3.63, 3.8) is 0 Å². The van der Waals surface area contributed by atoms with E-state index in [1.807, 2.05) is 6.92 Å². The van der Waals surface area contributed by atoms with Gasteiger partial charge in [0.2, 0.25) is 5.89 Å². The van der Waals surface area contributed by atoms with Gasteiger partial charge in [-0.3, -0.25) is 0 Å². The highest BCUT2D eigenvalue weighted by molar-refractivity contribution is 5.37. The van der Waals surface area contributed by atoms with Crippen LogP contribution in [0.15, 0.2) is 16.7 Å². The van der Waals surface area contributed by atoms with Crippen LogP contribution in [-0.4, -0.2) is 10.1 Å². The van der Waals surface area contributed by atoms with E-state index >= 15 is 0 Å². The molecule has 0 saturated heterocycles. The molecule has 4 heteroatoms. The van der Waals surface area contributed by atoms with Crippen LogP contribution in [-0.2, 0) is 6.54 Å². The van der Waals surface area contributed by atoms with Crippen LogP contribution in [0.2, 0.25) is 0 Å². The molecule has 0 aliphatic rings. The highest BCUT2D eigenvalue weighted by Crippen LogP contribution is 2.21. The van der Waals surface area contributed by atoms with E-state index in [0.29, 0.717) is 18.3 Å². The first kappa shape index (κ1) is 13.7. The molecule has 1 heterocycles. The first-order valence-electron chi connectivity index (χ1n) is 6.57. The van der Waals surface area contributed by atoms with Crippen molar-refractivity contribution in [1.82, 2.24) is 15.5 Å². The maximum absolute atomic E-state index is 5.10. The van der Waals surface area contributed by atoms with Crippen molar-refractivity contribution < 1.29 is 4.52 Å². The molecule has 1 N–H and O–H groups in total. The zero-order chi connectivity index (χ0) is 14.0. The summed E-state index contributed by atoms with van der Waals surface area (Å²) in [5.41, 5.74) is 5.29. The molecule has 0 saturated carbocycles. The summed E-state index contributed by atoms with van der Waals surface area (Å²) in [6.07, 6.45) is 0. The third-order valence-corrected chi connectivity index (χ3v) is 3.48. The molecule has 1 aromatic carbocycles. The number of hydrogen-bond donors (Lipinski definition) is 1. The van der Waals surface area contributed by atoms with Crippen LogP contribution >= 0.6 is 0 Å². The monoisotopic (exact) mass is 259 g/mol. The Balaban J connectivity index is 2.07. The predicted octanol–water partition coefficient (Wildman–Crippen LogP) is 3.15. The normalized spacial score (nSPS) is 12.7. The van der Waals surface area contributed by atoms with Gasteiger partial charge in [0.15, 0.2) is 5.82 Å². The molecule has 1 atom stereocenters. The van der Waals surface area contributed by atoms with Crippen molar-refractivity contribution in [3.8, 4) is 0 Å². The van der Waals surface area contributed by atoms with Gasteiger partial charge in [0.1, 0.15) is 0 Å². The number of benzene rings is 1. The van der Waals surface area contributed by atoms with E-state index in [4.69, 9.17) is 4.52 Å². The van der Waals surface area contributed by atoms with Gasteiger partial charge in [-0.05, 0) is 56.9 Å². The Morgan fingerprint density at radius 3 is 2.42 bits per heavy atom. The average molecular weight is 259 g/mol. The number of aryl methyl sites for hydroxylation is 4. The summed E-state index contributed by atoms with van der Waals surface area (Å²) in [7, 11) is 0. The highest BCUT2D eigenvalue weighted by Gasteiger charge is 2.11. The molecule has 2 aromatic rings. The van der Waals surface area contributed by atoms with Gasteiger partial charge >= 0.3 is 0 Å². The fraction of sp³-hybridized carbons (Fsp3) is 0.467. The molecular weight excluding hydrogens is 238 g/mol. The molecule has 1 unspecified atom stereocenters. The van der Waals surface area contributed by atoms with E-state index in [1.165, 1.54) is 22.3 Å². The van der Waals surface area contributed by atoms with Gasteiger partial charge in [-0.15, -0.1) is 0 Å². The fourth-order valence-electron chi connectivity index (χ4n) is 2.21. The molecule has 0 aliphatic carbocycles. The van der Waals surface area contributed by atoms with Gasteiger partial charge in [0.25, 0.3) is 0 Å². The van der Waals surface area contributed by atoms with Gasteiger partial charge in [0.05, 0.1) is 6.54 Å². The van der Waals surface area contributed by atoms with Gasteiger partial charge in [-0.2, -0.15) is 4.98 Å². The number of nitrogens with zero attached hydrogens (tertiary/aromatic N) is 2. The van der Waals surface area contributed by atoms with E-state index < -0.39 is 0 Å². The van der Waals surface area contributed by atoms with Crippen LogP contribution in [0.1, 0.15) is 46.9 Å². The lowest BCUT2D eigenvalue weighted by Crippen LogP contribution is -2.19.